The van der Waals surface area contributed by atoms with Crippen LogP contribution in [0.5, 0.6) is 0 Å². The summed E-state index contributed by atoms with van der Waals surface area (Å²) >= 11 is 0. The Kier molecular flexibility index (Phi) is 6.11. The molecule has 3 heteroatoms. The topological polar surface area (TPSA) is 24.5 Å². The van der Waals surface area contributed by atoms with E-state index in [-0.39, 0.29) is 0 Å². The highest BCUT2D eigenvalue weighted by Crippen LogP contribution is 2.29. The van der Waals surface area contributed by atoms with Crippen molar-refractivity contribution < 1.29 is 4.74 Å². The molecule has 2 aliphatic rings. The third kappa shape index (κ3) is 5.05. The lowest BCUT2D eigenvalue weighted by molar-refractivity contribution is 0.0152. The van der Waals surface area contributed by atoms with Crippen LogP contribution >= 0.6 is 0 Å². The molecular formula is C16H32N2O. The van der Waals surface area contributed by atoms with Gasteiger partial charge in [0.25, 0.3) is 0 Å². The Balaban J connectivity index is 1.83. The molecule has 0 aromatic carbocycles. The minimum Gasteiger partial charge on any atom is -0.381 e. The maximum Gasteiger partial charge on any atom is 0.0521 e. The third-order valence-electron chi connectivity index (χ3n) is 4.47. The van der Waals surface area contributed by atoms with Crippen LogP contribution in [0.3, 0.4) is 0 Å². The third-order valence-corrected chi connectivity index (χ3v) is 4.47. The molecule has 0 aromatic rings. The smallest absolute Gasteiger partial charge is 0.0521 e. The van der Waals surface area contributed by atoms with Crippen molar-refractivity contribution >= 4 is 0 Å². The Morgan fingerprint density at radius 3 is 2.68 bits per heavy atom. The first-order valence-corrected chi connectivity index (χ1v) is 8.25. The lowest BCUT2D eigenvalue weighted by atomic mass is 9.94. The first-order valence-electron chi connectivity index (χ1n) is 8.25. The molecule has 0 amide bonds. The van der Waals surface area contributed by atoms with Gasteiger partial charge in [-0.3, -0.25) is 4.90 Å². The molecule has 2 atom stereocenters. The summed E-state index contributed by atoms with van der Waals surface area (Å²) in [5.41, 5.74) is 0. The lowest BCUT2D eigenvalue weighted by Gasteiger charge is -2.36. The van der Waals surface area contributed by atoms with Gasteiger partial charge in [0.1, 0.15) is 0 Å². The molecule has 1 N–H and O–H groups in total. The highest BCUT2D eigenvalue weighted by molar-refractivity contribution is 4.89. The molecule has 1 heterocycles. The molecule has 2 rings (SSSR count). The van der Waals surface area contributed by atoms with Gasteiger partial charge in [0.15, 0.2) is 0 Å². The summed E-state index contributed by atoms with van der Waals surface area (Å²) in [6, 6.07) is 1.54. The maximum absolute atomic E-state index is 5.72. The van der Waals surface area contributed by atoms with E-state index in [4.69, 9.17) is 4.74 Å². The Labute approximate surface area is 119 Å². The van der Waals surface area contributed by atoms with E-state index in [0.717, 1.165) is 31.7 Å². The predicted molar refractivity (Wildman–Crippen MR) is 80.4 cm³/mol. The molecule has 2 fully saturated rings. The second kappa shape index (κ2) is 7.61. The van der Waals surface area contributed by atoms with Crippen molar-refractivity contribution in [2.45, 2.75) is 58.5 Å². The van der Waals surface area contributed by atoms with Gasteiger partial charge in [-0.1, -0.05) is 20.8 Å². The molecule has 19 heavy (non-hydrogen) atoms. The largest absolute Gasteiger partial charge is 0.381 e. The van der Waals surface area contributed by atoms with Crippen LogP contribution in [0.25, 0.3) is 0 Å². The van der Waals surface area contributed by atoms with Gasteiger partial charge in [-0.15, -0.1) is 0 Å². The van der Waals surface area contributed by atoms with Crippen LogP contribution < -0.4 is 5.32 Å². The van der Waals surface area contributed by atoms with Gasteiger partial charge in [-0.25, -0.2) is 0 Å². The number of nitrogens with one attached hydrogen (secondary N) is 1. The van der Waals surface area contributed by atoms with E-state index < -0.39 is 0 Å². The summed E-state index contributed by atoms with van der Waals surface area (Å²) in [6.45, 7) is 12.3. The molecule has 0 aromatic heterocycles. The second-order valence-corrected chi connectivity index (χ2v) is 6.70. The Morgan fingerprint density at radius 1 is 1.26 bits per heavy atom. The van der Waals surface area contributed by atoms with E-state index in [2.05, 4.69) is 31.0 Å². The molecule has 0 spiro atoms. The molecule has 0 radical (unpaired) electrons. The summed E-state index contributed by atoms with van der Waals surface area (Å²) in [5.74, 6) is 1.50. The predicted octanol–water partition coefficient (Wildman–Crippen LogP) is 2.51. The maximum atomic E-state index is 5.72. The van der Waals surface area contributed by atoms with Crippen molar-refractivity contribution in [3.05, 3.63) is 0 Å². The van der Waals surface area contributed by atoms with Crippen molar-refractivity contribution in [1.82, 2.24) is 10.2 Å². The van der Waals surface area contributed by atoms with Gasteiger partial charge in [0.05, 0.1) is 6.61 Å². The average molecular weight is 268 g/mol. The van der Waals surface area contributed by atoms with Gasteiger partial charge in [-0.2, -0.15) is 0 Å². The van der Waals surface area contributed by atoms with Crippen molar-refractivity contribution in [2.75, 3.05) is 32.8 Å². The molecule has 1 saturated carbocycles. The van der Waals surface area contributed by atoms with Crippen LogP contribution in [0.2, 0.25) is 0 Å². The van der Waals surface area contributed by atoms with Crippen LogP contribution in [0.4, 0.5) is 0 Å². The summed E-state index contributed by atoms with van der Waals surface area (Å²) in [4.78, 5) is 2.74. The molecule has 0 bridgehead atoms. The van der Waals surface area contributed by atoms with Gasteiger partial charge in [0.2, 0.25) is 0 Å². The van der Waals surface area contributed by atoms with E-state index in [1.807, 2.05) is 0 Å². The quantitative estimate of drug-likeness (QED) is 0.732. The Bertz CT molecular complexity index is 251. The Hall–Kier alpha value is -0.120. The van der Waals surface area contributed by atoms with Crippen LogP contribution in [-0.2, 0) is 4.74 Å². The van der Waals surface area contributed by atoms with Gasteiger partial charge in [0, 0.05) is 31.2 Å². The highest BCUT2D eigenvalue weighted by Gasteiger charge is 2.33. The fraction of sp³-hybridized carbons (Fsp3) is 1.00. The number of nitrogens with zero attached hydrogens (tertiary/aromatic N) is 1. The van der Waals surface area contributed by atoms with Crippen molar-refractivity contribution in [1.29, 1.82) is 0 Å². The monoisotopic (exact) mass is 268 g/mol. The van der Waals surface area contributed by atoms with E-state index in [1.165, 1.54) is 38.8 Å². The number of rotatable bonds is 8. The van der Waals surface area contributed by atoms with Crippen molar-refractivity contribution in [3.63, 3.8) is 0 Å². The standard InChI is InChI=1S/C16H32N2O/c1-4-17-16-8-10-19-12-14(16)11-18(15-5-6-15)9-7-13(2)3/h13-17H,4-12H2,1-3H3. The van der Waals surface area contributed by atoms with Crippen LogP contribution in [0.15, 0.2) is 0 Å². The first-order chi connectivity index (χ1) is 9.20. The van der Waals surface area contributed by atoms with Crippen LogP contribution in [-0.4, -0.2) is 49.8 Å². The summed E-state index contributed by atoms with van der Waals surface area (Å²) in [5, 5.41) is 3.66. The molecule has 1 aliphatic heterocycles. The number of hydrogen-bond donors (Lipinski definition) is 1. The fourth-order valence-corrected chi connectivity index (χ4v) is 3.10. The molecule has 1 saturated heterocycles. The zero-order valence-electron chi connectivity index (χ0n) is 13.0. The van der Waals surface area contributed by atoms with Gasteiger partial charge in [-0.05, 0) is 44.7 Å². The molecule has 112 valence electrons. The van der Waals surface area contributed by atoms with Gasteiger partial charge < -0.3 is 10.1 Å². The second-order valence-electron chi connectivity index (χ2n) is 6.70. The number of hydrogen-bond acceptors (Lipinski definition) is 3. The van der Waals surface area contributed by atoms with E-state index in [9.17, 15) is 0 Å². The van der Waals surface area contributed by atoms with Crippen molar-refractivity contribution in [2.24, 2.45) is 11.8 Å². The normalized spacial score (nSPS) is 28.3. The van der Waals surface area contributed by atoms with Crippen LogP contribution in [0, 0.1) is 11.8 Å². The van der Waals surface area contributed by atoms with E-state index >= 15 is 0 Å². The zero-order valence-corrected chi connectivity index (χ0v) is 13.0. The SMILES string of the molecule is CCNC1CCOCC1CN(CCC(C)C)C1CC1. The van der Waals surface area contributed by atoms with E-state index in [1.54, 1.807) is 0 Å². The molecule has 3 nitrogen and oxygen atoms in total. The Morgan fingerprint density at radius 2 is 2.05 bits per heavy atom. The minimum absolute atomic E-state index is 0.666. The zero-order chi connectivity index (χ0) is 13.7. The first kappa shape index (κ1) is 15.3. The fourth-order valence-electron chi connectivity index (χ4n) is 3.10. The van der Waals surface area contributed by atoms with Crippen molar-refractivity contribution in [3.8, 4) is 0 Å². The van der Waals surface area contributed by atoms with E-state index in [0.29, 0.717) is 12.0 Å². The van der Waals surface area contributed by atoms with Crippen LogP contribution in [0.1, 0.15) is 46.5 Å². The highest BCUT2D eigenvalue weighted by atomic mass is 16.5. The summed E-state index contributed by atoms with van der Waals surface area (Å²) in [6.07, 6.45) is 5.34. The minimum atomic E-state index is 0.666. The summed E-state index contributed by atoms with van der Waals surface area (Å²) < 4.78 is 5.72. The number of ether oxygens (including phenoxy) is 1. The summed E-state index contributed by atoms with van der Waals surface area (Å²) in [7, 11) is 0. The lowest BCUT2D eigenvalue weighted by Crippen LogP contribution is -2.48. The van der Waals surface area contributed by atoms with Gasteiger partial charge >= 0.3 is 0 Å². The molecule has 2 unspecified atom stereocenters. The molecular weight excluding hydrogens is 236 g/mol. The molecule has 1 aliphatic carbocycles. The average Bonchev–Trinajstić information content (AvgIpc) is 3.21.